The Morgan fingerprint density at radius 2 is 2.14 bits per heavy atom. The summed E-state index contributed by atoms with van der Waals surface area (Å²) in [6.07, 6.45) is -4.29. The molecule has 0 aliphatic carbocycles. The van der Waals surface area contributed by atoms with Gasteiger partial charge in [-0.15, -0.1) is 11.3 Å². The van der Waals surface area contributed by atoms with Crippen molar-refractivity contribution < 1.29 is 22.6 Å². The van der Waals surface area contributed by atoms with Crippen LogP contribution < -0.4 is 0 Å². The van der Waals surface area contributed by atoms with Gasteiger partial charge < -0.3 is 9.47 Å². The zero-order valence-electron chi connectivity index (χ0n) is 7.43. The van der Waals surface area contributed by atoms with Crippen molar-refractivity contribution in [2.24, 2.45) is 0 Å². The first kappa shape index (κ1) is 11.5. The van der Waals surface area contributed by atoms with Crippen LogP contribution in [0.5, 0.6) is 0 Å². The Kier molecular flexibility index (Phi) is 3.91. The van der Waals surface area contributed by atoms with Gasteiger partial charge >= 0.3 is 6.18 Å². The van der Waals surface area contributed by atoms with Gasteiger partial charge in [0, 0.05) is 12.7 Å². The van der Waals surface area contributed by atoms with Gasteiger partial charge in [-0.05, 0) is 11.4 Å². The average molecular weight is 226 g/mol. The smallest absolute Gasteiger partial charge is 0.359 e. The third kappa shape index (κ3) is 2.97. The van der Waals surface area contributed by atoms with E-state index in [9.17, 15) is 13.2 Å². The van der Waals surface area contributed by atoms with Crippen molar-refractivity contribution in [2.45, 2.75) is 12.8 Å². The van der Waals surface area contributed by atoms with Crippen molar-refractivity contribution in [3.63, 3.8) is 0 Å². The minimum Gasteiger partial charge on any atom is -0.359 e. The molecule has 0 aromatic carbocycles. The van der Waals surface area contributed by atoms with Crippen LogP contribution in [0.15, 0.2) is 11.4 Å². The van der Waals surface area contributed by atoms with Gasteiger partial charge in [-0.2, -0.15) is 13.2 Å². The minimum absolute atomic E-state index is 0.00680. The minimum atomic E-state index is -4.29. The molecule has 0 unspecified atom stereocenters. The van der Waals surface area contributed by atoms with E-state index in [0.29, 0.717) is 11.3 Å². The number of ether oxygens (including phenoxy) is 2. The molecule has 0 saturated heterocycles. The molecule has 80 valence electrons. The fourth-order valence-corrected chi connectivity index (χ4v) is 1.71. The number of alkyl halides is 3. The number of hydrogen-bond donors (Lipinski definition) is 0. The van der Waals surface area contributed by atoms with E-state index < -0.39 is 11.1 Å². The highest BCUT2D eigenvalue weighted by Gasteiger charge is 2.34. The molecule has 14 heavy (non-hydrogen) atoms. The number of rotatable bonds is 4. The lowest BCUT2D eigenvalue weighted by Gasteiger charge is -2.07. The third-order valence-corrected chi connectivity index (χ3v) is 2.46. The molecule has 0 fully saturated rings. The van der Waals surface area contributed by atoms with E-state index in [1.165, 1.54) is 18.6 Å². The summed E-state index contributed by atoms with van der Waals surface area (Å²) < 4.78 is 46.4. The molecule has 0 aliphatic rings. The number of hydrogen-bond acceptors (Lipinski definition) is 3. The third-order valence-electron chi connectivity index (χ3n) is 1.46. The lowest BCUT2D eigenvalue weighted by Crippen LogP contribution is -2.07. The lowest BCUT2D eigenvalue weighted by molar-refractivity contribution is -0.136. The standard InChI is InChI=1S/C8H9F3O2S/c1-12-5-13-4-6-2-3-14-7(6)8(9,10)11/h2-3H,4-5H2,1H3. The summed E-state index contributed by atoms with van der Waals surface area (Å²) in [5, 5.41) is 1.40. The molecule has 0 bridgehead atoms. The second kappa shape index (κ2) is 4.77. The molecule has 1 rings (SSSR count). The van der Waals surface area contributed by atoms with Crippen LogP contribution in [0.3, 0.4) is 0 Å². The lowest BCUT2D eigenvalue weighted by atomic mass is 10.3. The van der Waals surface area contributed by atoms with Crippen molar-refractivity contribution in [1.29, 1.82) is 0 Å². The molecule has 0 N–H and O–H groups in total. The van der Waals surface area contributed by atoms with Gasteiger partial charge in [0.2, 0.25) is 0 Å². The Morgan fingerprint density at radius 3 is 2.71 bits per heavy atom. The summed E-state index contributed by atoms with van der Waals surface area (Å²) in [4.78, 5) is -0.603. The Labute approximate surface area is 83.3 Å². The molecule has 0 amide bonds. The predicted octanol–water partition coefficient (Wildman–Crippen LogP) is 2.89. The molecule has 0 atom stereocenters. The number of halogens is 3. The van der Waals surface area contributed by atoms with Gasteiger partial charge in [-0.1, -0.05) is 0 Å². The first-order chi connectivity index (χ1) is 6.55. The maximum atomic E-state index is 12.3. The van der Waals surface area contributed by atoms with Gasteiger partial charge in [0.15, 0.2) is 0 Å². The molecule has 2 nitrogen and oxygen atoms in total. The topological polar surface area (TPSA) is 18.5 Å². The monoisotopic (exact) mass is 226 g/mol. The van der Waals surface area contributed by atoms with Crippen LogP contribution in [0.25, 0.3) is 0 Å². The van der Waals surface area contributed by atoms with Crippen LogP contribution in [0.4, 0.5) is 13.2 Å². The molecular formula is C8H9F3O2S. The second-order valence-electron chi connectivity index (χ2n) is 2.53. The molecule has 0 spiro atoms. The SMILES string of the molecule is COCOCc1ccsc1C(F)(F)F. The molecule has 1 aromatic rings. The fraction of sp³-hybridized carbons (Fsp3) is 0.500. The molecule has 0 aliphatic heterocycles. The summed E-state index contributed by atoms with van der Waals surface area (Å²) in [6.45, 7) is -0.0840. The van der Waals surface area contributed by atoms with E-state index in [4.69, 9.17) is 4.74 Å². The molecule has 1 heterocycles. The Hall–Kier alpha value is -0.590. The van der Waals surface area contributed by atoms with Crippen LogP contribution >= 0.6 is 11.3 Å². The first-order valence-corrected chi connectivity index (χ1v) is 4.64. The Balaban J connectivity index is 2.63. The second-order valence-corrected chi connectivity index (χ2v) is 3.44. The molecule has 0 saturated carbocycles. The van der Waals surface area contributed by atoms with Crippen molar-refractivity contribution in [1.82, 2.24) is 0 Å². The van der Waals surface area contributed by atoms with Crippen LogP contribution in [0.1, 0.15) is 10.4 Å². The molecule has 6 heteroatoms. The number of thiophene rings is 1. The zero-order chi connectivity index (χ0) is 10.6. The first-order valence-electron chi connectivity index (χ1n) is 3.76. The zero-order valence-corrected chi connectivity index (χ0v) is 8.24. The van der Waals surface area contributed by atoms with E-state index in [-0.39, 0.29) is 19.0 Å². The van der Waals surface area contributed by atoms with Gasteiger partial charge in [-0.3, -0.25) is 0 Å². The largest absolute Gasteiger partial charge is 0.425 e. The quantitative estimate of drug-likeness (QED) is 0.580. The molecule has 1 aromatic heterocycles. The number of methoxy groups -OCH3 is 1. The van der Waals surface area contributed by atoms with Crippen molar-refractivity contribution in [2.75, 3.05) is 13.9 Å². The van der Waals surface area contributed by atoms with E-state index in [2.05, 4.69) is 4.74 Å². The van der Waals surface area contributed by atoms with Gasteiger partial charge in [0.05, 0.1) is 6.61 Å². The highest BCUT2D eigenvalue weighted by molar-refractivity contribution is 7.10. The summed E-state index contributed by atoms with van der Waals surface area (Å²) in [5.74, 6) is 0. The maximum absolute atomic E-state index is 12.3. The van der Waals surface area contributed by atoms with Gasteiger partial charge in [-0.25, -0.2) is 0 Å². The van der Waals surface area contributed by atoms with E-state index in [1.54, 1.807) is 0 Å². The predicted molar refractivity (Wildman–Crippen MR) is 46.0 cm³/mol. The highest BCUT2D eigenvalue weighted by Crippen LogP contribution is 2.36. The molecular weight excluding hydrogens is 217 g/mol. The summed E-state index contributed by atoms with van der Waals surface area (Å²) in [7, 11) is 1.41. The Bertz CT molecular complexity index is 282. The maximum Gasteiger partial charge on any atom is 0.425 e. The van der Waals surface area contributed by atoms with Crippen LogP contribution in [0, 0.1) is 0 Å². The van der Waals surface area contributed by atoms with Crippen molar-refractivity contribution in [3.8, 4) is 0 Å². The highest BCUT2D eigenvalue weighted by atomic mass is 32.1. The fourth-order valence-electron chi connectivity index (χ4n) is 0.933. The van der Waals surface area contributed by atoms with E-state index >= 15 is 0 Å². The van der Waals surface area contributed by atoms with Crippen LogP contribution in [-0.4, -0.2) is 13.9 Å². The Morgan fingerprint density at radius 1 is 1.43 bits per heavy atom. The van der Waals surface area contributed by atoms with Crippen LogP contribution in [0.2, 0.25) is 0 Å². The summed E-state index contributed by atoms with van der Waals surface area (Å²) in [5.41, 5.74) is 0.152. The van der Waals surface area contributed by atoms with Gasteiger partial charge in [0.25, 0.3) is 0 Å². The summed E-state index contributed by atoms with van der Waals surface area (Å²) in [6, 6.07) is 1.41. The summed E-state index contributed by atoms with van der Waals surface area (Å²) >= 11 is 0.669. The van der Waals surface area contributed by atoms with E-state index in [0.717, 1.165) is 0 Å². The van der Waals surface area contributed by atoms with Crippen molar-refractivity contribution >= 4 is 11.3 Å². The molecule has 0 radical (unpaired) electrons. The normalized spacial score (nSPS) is 12.0. The van der Waals surface area contributed by atoms with E-state index in [1.807, 2.05) is 0 Å². The van der Waals surface area contributed by atoms with Gasteiger partial charge in [0.1, 0.15) is 11.7 Å². The van der Waals surface area contributed by atoms with Crippen molar-refractivity contribution in [3.05, 3.63) is 21.9 Å². The average Bonchev–Trinajstić information content (AvgIpc) is 2.52. The van der Waals surface area contributed by atoms with Crippen LogP contribution in [-0.2, 0) is 22.3 Å².